The summed E-state index contributed by atoms with van der Waals surface area (Å²) in [6.07, 6.45) is 7.55. The summed E-state index contributed by atoms with van der Waals surface area (Å²) in [5.41, 5.74) is 1.85. The number of ether oxygens (including phenoxy) is 1. The summed E-state index contributed by atoms with van der Waals surface area (Å²) in [6.45, 7) is 2.07. The lowest BCUT2D eigenvalue weighted by Gasteiger charge is -2.28. The first-order valence-corrected chi connectivity index (χ1v) is 9.58. The van der Waals surface area contributed by atoms with Crippen molar-refractivity contribution >= 4 is 0 Å². The van der Waals surface area contributed by atoms with Gasteiger partial charge in [-0.1, -0.05) is 32.1 Å². The van der Waals surface area contributed by atoms with E-state index in [1.807, 2.05) is 0 Å². The van der Waals surface area contributed by atoms with E-state index in [1.54, 1.807) is 25.1 Å². The molecule has 2 aromatic rings. The first-order valence-electron chi connectivity index (χ1n) is 9.58. The fourth-order valence-corrected chi connectivity index (χ4v) is 4.38. The highest BCUT2D eigenvalue weighted by molar-refractivity contribution is 6.03. The Morgan fingerprint density at radius 1 is 0.923 bits per heavy atom. The SMILES string of the molecule is CCOc1ccc2c(c1F)-c1c-2cc(CCC2CCCCC2)c(F)c1F. The Labute approximate surface area is 152 Å². The van der Waals surface area contributed by atoms with Crippen LogP contribution in [-0.2, 0) is 6.42 Å². The van der Waals surface area contributed by atoms with Gasteiger partial charge in [0.25, 0.3) is 0 Å². The van der Waals surface area contributed by atoms with Gasteiger partial charge in [-0.25, -0.2) is 13.2 Å². The third-order valence-electron chi connectivity index (χ3n) is 5.78. The minimum Gasteiger partial charge on any atom is -0.491 e. The Morgan fingerprint density at radius 3 is 2.38 bits per heavy atom. The topological polar surface area (TPSA) is 9.23 Å². The summed E-state index contributed by atoms with van der Waals surface area (Å²) in [6, 6.07) is 5.00. The molecule has 1 saturated carbocycles. The molecule has 2 aliphatic carbocycles. The van der Waals surface area contributed by atoms with E-state index < -0.39 is 17.5 Å². The van der Waals surface area contributed by atoms with Crippen molar-refractivity contribution < 1.29 is 17.9 Å². The standard InChI is InChI=1S/C22H23F3O/c1-2-26-17-11-10-15-16-12-14(9-8-13-6-4-3-5-7-13)20(23)22(25)19(16)18(15)21(17)24/h10-13H,2-9H2,1H3. The van der Waals surface area contributed by atoms with Crippen LogP contribution in [-0.4, -0.2) is 6.61 Å². The van der Waals surface area contributed by atoms with Crippen LogP contribution in [0.3, 0.4) is 0 Å². The molecule has 0 saturated heterocycles. The van der Waals surface area contributed by atoms with Gasteiger partial charge in [0.05, 0.1) is 6.61 Å². The van der Waals surface area contributed by atoms with Crippen LogP contribution >= 0.6 is 0 Å². The Kier molecular flexibility index (Phi) is 4.68. The maximum Gasteiger partial charge on any atom is 0.173 e. The summed E-state index contributed by atoms with van der Waals surface area (Å²) in [5, 5.41) is 0. The molecular weight excluding hydrogens is 337 g/mol. The van der Waals surface area contributed by atoms with Crippen LogP contribution in [0.4, 0.5) is 13.2 Å². The van der Waals surface area contributed by atoms with Crippen LogP contribution in [0.5, 0.6) is 5.75 Å². The molecule has 0 amide bonds. The maximum atomic E-state index is 14.7. The normalized spacial score (nSPS) is 16.0. The van der Waals surface area contributed by atoms with E-state index in [-0.39, 0.29) is 16.9 Å². The summed E-state index contributed by atoms with van der Waals surface area (Å²) in [4.78, 5) is 0. The number of halogens is 3. The molecule has 2 aromatic carbocycles. The molecule has 0 bridgehead atoms. The Bertz CT molecular complexity index is 838. The molecule has 4 heteroatoms. The van der Waals surface area contributed by atoms with E-state index in [9.17, 15) is 13.2 Å². The zero-order valence-electron chi connectivity index (χ0n) is 15.0. The van der Waals surface area contributed by atoms with Gasteiger partial charge in [-0.15, -0.1) is 0 Å². The number of hydrogen-bond donors (Lipinski definition) is 0. The highest BCUT2D eigenvalue weighted by Gasteiger charge is 2.34. The van der Waals surface area contributed by atoms with Gasteiger partial charge in [0.2, 0.25) is 0 Å². The van der Waals surface area contributed by atoms with Crippen LogP contribution in [0.25, 0.3) is 22.3 Å². The van der Waals surface area contributed by atoms with Crippen LogP contribution in [0.2, 0.25) is 0 Å². The van der Waals surface area contributed by atoms with E-state index in [0.29, 0.717) is 35.6 Å². The van der Waals surface area contributed by atoms with Crippen LogP contribution in [0.1, 0.15) is 51.0 Å². The van der Waals surface area contributed by atoms with Crippen molar-refractivity contribution in [3.63, 3.8) is 0 Å². The van der Waals surface area contributed by atoms with Crippen molar-refractivity contribution in [2.24, 2.45) is 5.92 Å². The zero-order chi connectivity index (χ0) is 18.3. The lowest BCUT2D eigenvalue weighted by molar-refractivity contribution is 0.322. The van der Waals surface area contributed by atoms with Gasteiger partial charge >= 0.3 is 0 Å². The maximum absolute atomic E-state index is 14.7. The third kappa shape index (κ3) is 2.80. The summed E-state index contributed by atoms with van der Waals surface area (Å²) >= 11 is 0. The third-order valence-corrected chi connectivity index (χ3v) is 5.78. The number of aryl methyl sites for hydroxylation is 1. The first kappa shape index (κ1) is 17.4. The van der Waals surface area contributed by atoms with Crippen LogP contribution in [0, 0.1) is 23.4 Å². The largest absolute Gasteiger partial charge is 0.491 e. The molecule has 0 atom stereocenters. The van der Waals surface area contributed by atoms with E-state index in [0.717, 1.165) is 6.42 Å². The van der Waals surface area contributed by atoms with Crippen molar-refractivity contribution in [2.45, 2.75) is 51.9 Å². The predicted molar refractivity (Wildman–Crippen MR) is 96.8 cm³/mol. The molecule has 0 aromatic heterocycles. The molecule has 26 heavy (non-hydrogen) atoms. The van der Waals surface area contributed by atoms with Crippen molar-refractivity contribution in [3.05, 3.63) is 41.2 Å². The van der Waals surface area contributed by atoms with Gasteiger partial charge in [0.15, 0.2) is 23.2 Å². The number of fused-ring (bicyclic) bond motifs is 4. The van der Waals surface area contributed by atoms with Crippen molar-refractivity contribution in [1.82, 2.24) is 0 Å². The molecule has 0 radical (unpaired) electrons. The molecule has 0 aliphatic heterocycles. The zero-order valence-corrected chi connectivity index (χ0v) is 15.0. The van der Waals surface area contributed by atoms with E-state index in [4.69, 9.17) is 4.74 Å². The Balaban J connectivity index is 1.62. The molecule has 0 N–H and O–H groups in total. The average molecular weight is 360 g/mol. The lowest BCUT2D eigenvalue weighted by Crippen LogP contribution is -2.12. The fourth-order valence-electron chi connectivity index (χ4n) is 4.38. The van der Waals surface area contributed by atoms with E-state index in [1.165, 1.54) is 32.1 Å². The van der Waals surface area contributed by atoms with Crippen molar-refractivity contribution in [1.29, 1.82) is 0 Å². The quantitative estimate of drug-likeness (QED) is 0.494. The van der Waals surface area contributed by atoms with Crippen LogP contribution < -0.4 is 4.74 Å². The van der Waals surface area contributed by atoms with Gasteiger partial charge < -0.3 is 4.74 Å². The molecule has 2 aliphatic rings. The minimum absolute atomic E-state index is 0.0537. The molecule has 1 fully saturated rings. The molecule has 4 rings (SSSR count). The van der Waals surface area contributed by atoms with Crippen molar-refractivity contribution in [2.75, 3.05) is 6.61 Å². The van der Waals surface area contributed by atoms with Gasteiger partial charge in [-0.05, 0) is 60.6 Å². The lowest BCUT2D eigenvalue weighted by atomic mass is 9.77. The second-order valence-corrected chi connectivity index (χ2v) is 7.36. The molecule has 0 spiro atoms. The molecule has 138 valence electrons. The number of rotatable bonds is 5. The number of benzene rings is 2. The molecule has 0 heterocycles. The Hall–Kier alpha value is -1.97. The van der Waals surface area contributed by atoms with Crippen molar-refractivity contribution in [3.8, 4) is 28.0 Å². The minimum atomic E-state index is -0.929. The first-order chi connectivity index (χ1) is 12.6. The van der Waals surface area contributed by atoms with E-state index in [2.05, 4.69) is 0 Å². The van der Waals surface area contributed by atoms with Gasteiger partial charge in [-0.2, -0.15) is 0 Å². The van der Waals surface area contributed by atoms with Gasteiger partial charge in [0, 0.05) is 11.1 Å². The second-order valence-electron chi connectivity index (χ2n) is 7.36. The summed E-state index contributed by atoms with van der Waals surface area (Å²) in [5.74, 6) is -1.67. The molecule has 1 nitrogen and oxygen atoms in total. The summed E-state index contributed by atoms with van der Waals surface area (Å²) in [7, 11) is 0. The monoisotopic (exact) mass is 360 g/mol. The average Bonchev–Trinajstić information content (AvgIpc) is 2.64. The molecular formula is C22H23F3O. The fraction of sp³-hybridized carbons (Fsp3) is 0.455. The molecule has 0 unspecified atom stereocenters. The highest BCUT2D eigenvalue weighted by atomic mass is 19.2. The second kappa shape index (κ2) is 6.98. The van der Waals surface area contributed by atoms with Crippen LogP contribution in [0.15, 0.2) is 18.2 Å². The van der Waals surface area contributed by atoms with E-state index >= 15 is 0 Å². The summed E-state index contributed by atoms with van der Waals surface area (Å²) < 4.78 is 49.0. The highest BCUT2D eigenvalue weighted by Crippen LogP contribution is 2.52. The predicted octanol–water partition coefficient (Wildman–Crippen LogP) is 6.66. The van der Waals surface area contributed by atoms with Gasteiger partial charge in [-0.3, -0.25) is 0 Å². The van der Waals surface area contributed by atoms with Gasteiger partial charge in [0.1, 0.15) is 0 Å². The Morgan fingerprint density at radius 2 is 1.65 bits per heavy atom. The number of hydrogen-bond acceptors (Lipinski definition) is 1. The smallest absolute Gasteiger partial charge is 0.173 e.